The summed E-state index contributed by atoms with van der Waals surface area (Å²) in [6, 6.07) is 14.2. The molecular formula is C21H28ClN3O2. The summed E-state index contributed by atoms with van der Waals surface area (Å²) in [4.78, 5) is 24.4. The Morgan fingerprint density at radius 1 is 1.07 bits per heavy atom. The number of halogens is 1. The zero-order valence-electron chi connectivity index (χ0n) is 16.2. The third kappa shape index (κ3) is 6.70. The molecule has 0 saturated heterocycles. The van der Waals surface area contributed by atoms with Crippen molar-refractivity contribution < 1.29 is 9.59 Å². The Hall–Kier alpha value is -2.37. The SMILES string of the molecule is Cc1ccc(C(=O)Nc2cccc(CNC(=O)[C@@H](N)C(C)(C)C)c2)cc1.Cl. The molecule has 146 valence electrons. The highest BCUT2D eigenvalue weighted by molar-refractivity contribution is 6.04. The number of rotatable bonds is 5. The van der Waals surface area contributed by atoms with Crippen LogP contribution in [0.1, 0.15) is 42.3 Å². The summed E-state index contributed by atoms with van der Waals surface area (Å²) in [7, 11) is 0. The number of nitrogens with one attached hydrogen (secondary N) is 2. The molecule has 5 nitrogen and oxygen atoms in total. The molecule has 0 bridgehead atoms. The quantitative estimate of drug-likeness (QED) is 0.729. The standard InChI is InChI=1S/C21H27N3O2.ClH/c1-14-8-10-16(11-9-14)19(25)24-17-7-5-6-15(12-17)13-23-20(26)18(22)21(2,3)4;/h5-12,18H,13,22H2,1-4H3,(H,23,26)(H,24,25);1H/t18-;/m1./s1. The van der Waals surface area contributed by atoms with Gasteiger partial charge in [-0.25, -0.2) is 0 Å². The molecule has 0 aliphatic heterocycles. The minimum Gasteiger partial charge on any atom is -0.351 e. The van der Waals surface area contributed by atoms with Crippen LogP contribution in [-0.4, -0.2) is 17.9 Å². The van der Waals surface area contributed by atoms with Crippen molar-refractivity contribution in [3.8, 4) is 0 Å². The van der Waals surface area contributed by atoms with Crippen molar-refractivity contribution in [3.63, 3.8) is 0 Å². The number of hydrogen-bond acceptors (Lipinski definition) is 3. The fraction of sp³-hybridized carbons (Fsp3) is 0.333. The van der Waals surface area contributed by atoms with E-state index >= 15 is 0 Å². The second-order valence-electron chi connectivity index (χ2n) is 7.58. The maximum Gasteiger partial charge on any atom is 0.255 e. The number of nitrogens with two attached hydrogens (primary N) is 1. The Bertz CT molecular complexity index is 783. The summed E-state index contributed by atoms with van der Waals surface area (Å²) < 4.78 is 0. The van der Waals surface area contributed by atoms with E-state index < -0.39 is 6.04 Å². The van der Waals surface area contributed by atoms with E-state index in [9.17, 15) is 9.59 Å². The highest BCUT2D eigenvalue weighted by atomic mass is 35.5. The van der Waals surface area contributed by atoms with Crippen LogP contribution in [0.25, 0.3) is 0 Å². The number of benzene rings is 2. The number of carbonyl (C=O) groups is 2. The predicted molar refractivity (Wildman–Crippen MR) is 112 cm³/mol. The molecular weight excluding hydrogens is 362 g/mol. The van der Waals surface area contributed by atoms with Crippen LogP contribution in [0.15, 0.2) is 48.5 Å². The largest absolute Gasteiger partial charge is 0.351 e. The normalized spacial score (nSPS) is 11.9. The molecule has 0 fully saturated rings. The van der Waals surface area contributed by atoms with Gasteiger partial charge in [-0.3, -0.25) is 9.59 Å². The average molecular weight is 390 g/mol. The smallest absolute Gasteiger partial charge is 0.255 e. The van der Waals surface area contributed by atoms with Gasteiger partial charge in [0.2, 0.25) is 5.91 Å². The summed E-state index contributed by atoms with van der Waals surface area (Å²) in [5.74, 6) is -0.354. The van der Waals surface area contributed by atoms with Crippen LogP contribution in [0.4, 0.5) is 5.69 Å². The third-order valence-corrected chi connectivity index (χ3v) is 4.18. The van der Waals surface area contributed by atoms with E-state index in [1.165, 1.54) is 0 Å². The Morgan fingerprint density at radius 2 is 1.70 bits per heavy atom. The molecule has 2 rings (SSSR count). The second-order valence-corrected chi connectivity index (χ2v) is 7.58. The first kappa shape index (κ1) is 22.7. The first-order valence-corrected chi connectivity index (χ1v) is 8.67. The molecule has 0 aliphatic carbocycles. The van der Waals surface area contributed by atoms with E-state index in [4.69, 9.17) is 5.73 Å². The lowest BCUT2D eigenvalue weighted by atomic mass is 9.87. The van der Waals surface area contributed by atoms with Crippen molar-refractivity contribution in [1.29, 1.82) is 0 Å². The van der Waals surface area contributed by atoms with E-state index in [0.717, 1.165) is 11.1 Å². The van der Waals surface area contributed by atoms with Crippen LogP contribution in [-0.2, 0) is 11.3 Å². The summed E-state index contributed by atoms with van der Waals surface area (Å²) in [6.07, 6.45) is 0. The first-order chi connectivity index (χ1) is 12.2. The molecule has 0 heterocycles. The van der Waals surface area contributed by atoms with Gasteiger partial charge in [-0.05, 0) is 42.2 Å². The van der Waals surface area contributed by atoms with Gasteiger partial charge in [0.25, 0.3) is 5.91 Å². The van der Waals surface area contributed by atoms with Gasteiger partial charge in [0.15, 0.2) is 0 Å². The number of amides is 2. The van der Waals surface area contributed by atoms with Crippen LogP contribution in [0.5, 0.6) is 0 Å². The zero-order chi connectivity index (χ0) is 19.3. The summed E-state index contributed by atoms with van der Waals surface area (Å²) in [5.41, 5.74) is 8.94. The Balaban J connectivity index is 0.00000364. The molecule has 0 aliphatic rings. The molecule has 2 aromatic rings. The van der Waals surface area contributed by atoms with Crippen LogP contribution in [0.3, 0.4) is 0 Å². The topological polar surface area (TPSA) is 84.2 Å². The van der Waals surface area contributed by atoms with E-state index in [1.54, 1.807) is 12.1 Å². The van der Waals surface area contributed by atoms with Crippen molar-refractivity contribution in [1.82, 2.24) is 5.32 Å². The molecule has 0 unspecified atom stereocenters. The number of aryl methyl sites for hydroxylation is 1. The zero-order valence-corrected chi connectivity index (χ0v) is 17.0. The molecule has 0 radical (unpaired) electrons. The van der Waals surface area contributed by atoms with Crippen molar-refractivity contribution in [3.05, 3.63) is 65.2 Å². The van der Waals surface area contributed by atoms with Crippen molar-refractivity contribution in [2.24, 2.45) is 11.1 Å². The van der Waals surface area contributed by atoms with Crippen molar-refractivity contribution in [2.75, 3.05) is 5.32 Å². The van der Waals surface area contributed by atoms with E-state index in [-0.39, 0.29) is 29.6 Å². The molecule has 2 amide bonds. The minimum absolute atomic E-state index is 0. The molecule has 27 heavy (non-hydrogen) atoms. The van der Waals surface area contributed by atoms with Crippen molar-refractivity contribution >= 4 is 29.9 Å². The fourth-order valence-corrected chi connectivity index (χ4v) is 2.36. The van der Waals surface area contributed by atoms with Gasteiger partial charge in [0.05, 0.1) is 6.04 Å². The van der Waals surface area contributed by atoms with Gasteiger partial charge in [0.1, 0.15) is 0 Å². The fourth-order valence-electron chi connectivity index (χ4n) is 2.36. The van der Waals surface area contributed by atoms with Crippen LogP contribution in [0.2, 0.25) is 0 Å². The summed E-state index contributed by atoms with van der Waals surface area (Å²) in [5, 5.41) is 5.72. The molecule has 2 aromatic carbocycles. The van der Waals surface area contributed by atoms with Gasteiger partial charge in [-0.1, -0.05) is 50.6 Å². The number of carbonyl (C=O) groups excluding carboxylic acids is 2. The molecule has 0 saturated carbocycles. The van der Waals surface area contributed by atoms with Gasteiger partial charge < -0.3 is 16.4 Å². The van der Waals surface area contributed by atoms with E-state index in [1.807, 2.05) is 64.1 Å². The lowest BCUT2D eigenvalue weighted by Gasteiger charge is -2.25. The maximum absolute atomic E-state index is 12.3. The molecule has 0 spiro atoms. The van der Waals surface area contributed by atoms with E-state index in [0.29, 0.717) is 17.8 Å². The Labute approximate surface area is 167 Å². The number of anilines is 1. The number of hydrogen-bond donors (Lipinski definition) is 3. The molecule has 6 heteroatoms. The maximum atomic E-state index is 12.3. The molecule has 0 aromatic heterocycles. The van der Waals surface area contributed by atoms with Gasteiger partial charge in [-0.2, -0.15) is 0 Å². The summed E-state index contributed by atoms with van der Waals surface area (Å²) in [6.45, 7) is 8.12. The van der Waals surface area contributed by atoms with E-state index in [2.05, 4.69) is 10.6 Å². The predicted octanol–water partition coefficient (Wildman–Crippen LogP) is 3.66. The second kappa shape index (κ2) is 9.53. The molecule has 1 atom stereocenters. The minimum atomic E-state index is -0.577. The Morgan fingerprint density at radius 3 is 2.30 bits per heavy atom. The van der Waals surface area contributed by atoms with Crippen molar-refractivity contribution in [2.45, 2.75) is 40.3 Å². The highest BCUT2D eigenvalue weighted by Crippen LogP contribution is 2.18. The van der Waals surface area contributed by atoms with Gasteiger partial charge in [0, 0.05) is 17.8 Å². The van der Waals surface area contributed by atoms with Gasteiger partial charge >= 0.3 is 0 Å². The van der Waals surface area contributed by atoms with Crippen LogP contribution < -0.4 is 16.4 Å². The van der Waals surface area contributed by atoms with Crippen LogP contribution >= 0.6 is 12.4 Å². The molecule has 4 N–H and O–H groups in total. The Kier molecular flexibility index (Phi) is 8.00. The van der Waals surface area contributed by atoms with Gasteiger partial charge in [-0.15, -0.1) is 12.4 Å². The van der Waals surface area contributed by atoms with Crippen LogP contribution in [0, 0.1) is 12.3 Å². The lowest BCUT2D eigenvalue weighted by Crippen LogP contribution is -2.48. The highest BCUT2D eigenvalue weighted by Gasteiger charge is 2.27. The average Bonchev–Trinajstić information content (AvgIpc) is 2.59. The monoisotopic (exact) mass is 389 g/mol. The first-order valence-electron chi connectivity index (χ1n) is 8.67. The third-order valence-electron chi connectivity index (χ3n) is 4.18. The summed E-state index contributed by atoms with van der Waals surface area (Å²) >= 11 is 0. The lowest BCUT2D eigenvalue weighted by molar-refractivity contribution is -0.124.